The zero-order valence-electron chi connectivity index (χ0n) is 12.3. The lowest BCUT2D eigenvalue weighted by Gasteiger charge is -2.19. The minimum Gasteiger partial charge on any atom is -0.351 e. The van der Waals surface area contributed by atoms with E-state index in [-0.39, 0.29) is 5.91 Å². The van der Waals surface area contributed by atoms with E-state index in [4.69, 9.17) is 0 Å². The predicted octanol–water partition coefficient (Wildman–Crippen LogP) is 2.14. The molecular weight excluding hydrogens is 256 g/mol. The highest BCUT2D eigenvalue weighted by Gasteiger charge is 2.42. The molecule has 19 heavy (non-hydrogen) atoms. The summed E-state index contributed by atoms with van der Waals surface area (Å²) in [4.78, 5) is 14.3. The molecule has 0 bridgehead atoms. The van der Waals surface area contributed by atoms with Gasteiger partial charge in [0.1, 0.15) is 0 Å². The molecule has 0 aromatic rings. The number of allylic oxidation sites excluding steroid dienone is 1. The number of thioether (sulfide) groups is 1. The molecule has 108 valence electrons. The van der Waals surface area contributed by atoms with Crippen LogP contribution in [0.4, 0.5) is 0 Å². The first-order valence-corrected chi connectivity index (χ1v) is 8.66. The summed E-state index contributed by atoms with van der Waals surface area (Å²) in [6, 6.07) is 0.372. The minimum atomic E-state index is 0.202. The first-order chi connectivity index (χ1) is 9.13. The van der Waals surface area contributed by atoms with E-state index < -0.39 is 0 Å². The van der Waals surface area contributed by atoms with Gasteiger partial charge in [0.25, 0.3) is 0 Å². The van der Waals surface area contributed by atoms with Gasteiger partial charge in [0.2, 0.25) is 5.91 Å². The third-order valence-corrected chi connectivity index (χ3v) is 4.81. The molecule has 2 atom stereocenters. The second kappa shape index (κ2) is 6.80. The van der Waals surface area contributed by atoms with E-state index in [0.29, 0.717) is 17.7 Å². The molecule has 3 nitrogen and oxygen atoms in total. The monoisotopic (exact) mass is 282 g/mol. The van der Waals surface area contributed by atoms with Gasteiger partial charge >= 0.3 is 0 Å². The van der Waals surface area contributed by atoms with Crippen molar-refractivity contribution in [3.8, 4) is 0 Å². The maximum Gasteiger partial charge on any atom is 0.230 e. The molecule has 1 aliphatic carbocycles. The van der Waals surface area contributed by atoms with Crippen molar-refractivity contribution >= 4 is 17.7 Å². The molecule has 1 heterocycles. The smallest absolute Gasteiger partial charge is 0.230 e. The second-order valence-electron chi connectivity index (χ2n) is 5.94. The van der Waals surface area contributed by atoms with Crippen LogP contribution in [0.2, 0.25) is 0 Å². The summed E-state index contributed by atoms with van der Waals surface area (Å²) in [5, 5.41) is 3.25. The first kappa shape index (κ1) is 14.9. The lowest BCUT2D eigenvalue weighted by atomic mass is 9.98. The summed E-state index contributed by atoms with van der Waals surface area (Å²) >= 11 is 1.60. The lowest BCUT2D eigenvalue weighted by Crippen LogP contribution is -2.42. The molecule has 2 rings (SSSR count). The molecule has 1 aliphatic heterocycles. The number of nitrogens with zero attached hydrogens (tertiary/aromatic N) is 1. The van der Waals surface area contributed by atoms with E-state index >= 15 is 0 Å². The Balaban J connectivity index is 1.90. The Morgan fingerprint density at radius 1 is 1.42 bits per heavy atom. The van der Waals surface area contributed by atoms with Crippen LogP contribution in [0.15, 0.2) is 11.6 Å². The van der Waals surface area contributed by atoms with Crippen molar-refractivity contribution in [1.29, 1.82) is 0 Å². The van der Waals surface area contributed by atoms with Gasteiger partial charge in [-0.3, -0.25) is 9.69 Å². The van der Waals surface area contributed by atoms with Crippen molar-refractivity contribution in [2.75, 3.05) is 31.6 Å². The summed E-state index contributed by atoms with van der Waals surface area (Å²) in [5.74, 6) is 2.32. The van der Waals surface area contributed by atoms with Crippen LogP contribution in [0, 0.1) is 11.8 Å². The lowest BCUT2D eigenvalue weighted by molar-refractivity contribution is -0.119. The average Bonchev–Trinajstić information content (AvgIpc) is 3.14. The molecule has 0 aromatic carbocycles. The summed E-state index contributed by atoms with van der Waals surface area (Å²) in [7, 11) is 0. The van der Waals surface area contributed by atoms with Crippen LogP contribution in [0.25, 0.3) is 0 Å². The summed E-state index contributed by atoms with van der Waals surface area (Å²) in [6.07, 6.45) is 6.88. The highest BCUT2D eigenvalue weighted by Crippen LogP contribution is 2.41. The SMILES string of the molecule is CC=C(C)CN1CC(NC(=O)CSC)C(C2CC2)C1. The number of rotatable bonds is 6. The van der Waals surface area contributed by atoms with Gasteiger partial charge in [0.05, 0.1) is 5.75 Å². The summed E-state index contributed by atoms with van der Waals surface area (Å²) < 4.78 is 0. The zero-order chi connectivity index (χ0) is 13.8. The molecule has 1 saturated heterocycles. The van der Waals surface area contributed by atoms with Crippen molar-refractivity contribution in [2.45, 2.75) is 32.7 Å². The Hall–Kier alpha value is -0.480. The summed E-state index contributed by atoms with van der Waals surface area (Å²) in [5.41, 5.74) is 1.42. The van der Waals surface area contributed by atoms with Gasteiger partial charge in [-0.05, 0) is 44.8 Å². The van der Waals surface area contributed by atoms with Gasteiger partial charge in [-0.25, -0.2) is 0 Å². The Morgan fingerprint density at radius 3 is 2.74 bits per heavy atom. The van der Waals surface area contributed by atoms with Crippen molar-refractivity contribution in [2.24, 2.45) is 11.8 Å². The third-order valence-electron chi connectivity index (χ3n) is 4.26. The number of amides is 1. The van der Waals surface area contributed by atoms with Gasteiger partial charge in [0.15, 0.2) is 0 Å². The van der Waals surface area contributed by atoms with Crippen LogP contribution < -0.4 is 5.32 Å². The van der Waals surface area contributed by atoms with Crippen molar-refractivity contribution in [3.05, 3.63) is 11.6 Å². The third kappa shape index (κ3) is 4.25. The van der Waals surface area contributed by atoms with Crippen LogP contribution in [0.5, 0.6) is 0 Å². The Kier molecular flexibility index (Phi) is 5.34. The molecule has 2 unspecified atom stereocenters. The van der Waals surface area contributed by atoms with Gasteiger partial charge < -0.3 is 5.32 Å². The van der Waals surface area contributed by atoms with E-state index in [9.17, 15) is 4.79 Å². The number of nitrogens with one attached hydrogen (secondary N) is 1. The molecule has 4 heteroatoms. The highest BCUT2D eigenvalue weighted by atomic mass is 32.2. The second-order valence-corrected chi connectivity index (χ2v) is 6.80. The van der Waals surface area contributed by atoms with E-state index in [2.05, 4.69) is 30.1 Å². The van der Waals surface area contributed by atoms with Gasteiger partial charge in [-0.2, -0.15) is 11.8 Å². The quantitative estimate of drug-likeness (QED) is 0.758. The normalized spacial score (nSPS) is 28.7. The Bertz CT molecular complexity index is 352. The van der Waals surface area contributed by atoms with Crippen molar-refractivity contribution in [3.63, 3.8) is 0 Å². The molecule has 0 radical (unpaired) electrons. The predicted molar refractivity (Wildman–Crippen MR) is 82.4 cm³/mol. The maximum atomic E-state index is 11.8. The summed E-state index contributed by atoms with van der Waals surface area (Å²) in [6.45, 7) is 7.51. The number of carbonyl (C=O) groups excluding carboxylic acids is 1. The molecule has 1 N–H and O–H groups in total. The van der Waals surface area contributed by atoms with Gasteiger partial charge in [-0.1, -0.05) is 11.6 Å². The van der Waals surface area contributed by atoms with E-state index in [0.717, 1.165) is 25.6 Å². The number of hydrogen-bond acceptors (Lipinski definition) is 3. The Morgan fingerprint density at radius 2 is 2.16 bits per heavy atom. The number of carbonyl (C=O) groups is 1. The van der Waals surface area contributed by atoms with E-state index in [1.54, 1.807) is 11.8 Å². The fraction of sp³-hybridized carbons (Fsp3) is 0.800. The van der Waals surface area contributed by atoms with Crippen LogP contribution in [0.3, 0.4) is 0 Å². The van der Waals surface area contributed by atoms with E-state index in [1.807, 2.05) is 6.26 Å². The number of hydrogen-bond donors (Lipinski definition) is 1. The topological polar surface area (TPSA) is 32.3 Å². The Labute approximate surface area is 121 Å². The molecule has 0 spiro atoms. The van der Waals surface area contributed by atoms with Crippen molar-refractivity contribution in [1.82, 2.24) is 10.2 Å². The molecule has 2 fully saturated rings. The van der Waals surface area contributed by atoms with Crippen LogP contribution in [-0.2, 0) is 4.79 Å². The molecule has 1 amide bonds. The van der Waals surface area contributed by atoms with Crippen molar-refractivity contribution < 1.29 is 4.79 Å². The fourth-order valence-electron chi connectivity index (χ4n) is 3.02. The van der Waals surface area contributed by atoms with Crippen LogP contribution in [0.1, 0.15) is 26.7 Å². The zero-order valence-corrected chi connectivity index (χ0v) is 13.1. The average molecular weight is 282 g/mol. The molecule has 2 aliphatic rings. The highest BCUT2D eigenvalue weighted by molar-refractivity contribution is 7.99. The van der Waals surface area contributed by atoms with E-state index in [1.165, 1.54) is 18.4 Å². The van der Waals surface area contributed by atoms with Gasteiger partial charge in [-0.15, -0.1) is 0 Å². The maximum absolute atomic E-state index is 11.8. The van der Waals surface area contributed by atoms with Crippen LogP contribution >= 0.6 is 11.8 Å². The standard InChI is InChI=1S/C15H26N2OS/c1-4-11(2)7-17-8-13(12-5-6-12)14(9-17)16-15(18)10-19-3/h4,12-14H,5-10H2,1-3H3,(H,16,18). The van der Waals surface area contributed by atoms with Gasteiger partial charge in [0, 0.05) is 25.7 Å². The molecule has 1 saturated carbocycles. The number of likely N-dealkylation sites (tertiary alicyclic amines) is 1. The molecule has 0 aromatic heterocycles. The van der Waals surface area contributed by atoms with Crippen LogP contribution in [-0.4, -0.2) is 48.5 Å². The minimum absolute atomic E-state index is 0.202. The fourth-order valence-corrected chi connectivity index (χ4v) is 3.37. The molecular formula is C15H26N2OS. The largest absolute Gasteiger partial charge is 0.351 e. The first-order valence-electron chi connectivity index (χ1n) is 7.26.